The Kier molecular flexibility index (Phi) is 4.91. The molecule has 0 amide bonds. The van der Waals surface area contributed by atoms with Crippen LogP contribution >= 0.6 is 0 Å². The quantitative estimate of drug-likeness (QED) is 0.848. The lowest BCUT2D eigenvalue weighted by Gasteiger charge is -2.25. The first kappa shape index (κ1) is 16.3. The molecule has 1 aromatic heterocycles. The van der Waals surface area contributed by atoms with Gasteiger partial charge in [0.05, 0.1) is 0 Å². The van der Waals surface area contributed by atoms with Crippen molar-refractivity contribution >= 4 is 10.0 Å². The van der Waals surface area contributed by atoms with E-state index in [-0.39, 0.29) is 0 Å². The molecule has 0 unspecified atom stereocenters. The predicted octanol–water partition coefficient (Wildman–Crippen LogP) is 2.35. The van der Waals surface area contributed by atoms with Gasteiger partial charge in [0.25, 0.3) is 0 Å². The van der Waals surface area contributed by atoms with Gasteiger partial charge in [0, 0.05) is 25.2 Å². The van der Waals surface area contributed by atoms with Crippen molar-refractivity contribution in [1.82, 2.24) is 9.62 Å². The number of rotatable bonds is 5. The molecular weight excluding hydrogens is 288 g/mol. The molecule has 0 aromatic carbocycles. The monoisotopic (exact) mass is 312 g/mol. The van der Waals surface area contributed by atoms with Gasteiger partial charge in [0.2, 0.25) is 10.0 Å². The van der Waals surface area contributed by atoms with Gasteiger partial charge in [0.15, 0.2) is 0 Å². The first-order valence-corrected chi connectivity index (χ1v) is 8.77. The van der Waals surface area contributed by atoms with E-state index >= 15 is 0 Å². The molecule has 0 saturated carbocycles. The van der Waals surface area contributed by atoms with Crippen LogP contribution in [0.2, 0.25) is 0 Å². The molecule has 0 radical (unpaired) electrons. The second-order valence-electron chi connectivity index (χ2n) is 5.47. The van der Waals surface area contributed by atoms with Crippen LogP contribution in [0.25, 0.3) is 0 Å². The molecule has 21 heavy (non-hydrogen) atoms. The van der Waals surface area contributed by atoms with Crippen molar-refractivity contribution in [3.63, 3.8) is 0 Å². The van der Waals surface area contributed by atoms with Gasteiger partial charge < -0.3 is 9.73 Å². The third-order valence-corrected chi connectivity index (χ3v) is 5.93. The van der Waals surface area contributed by atoms with Crippen LogP contribution in [0.1, 0.15) is 37.4 Å². The van der Waals surface area contributed by atoms with Gasteiger partial charge in [-0.25, -0.2) is 8.42 Å². The minimum absolute atomic E-state index is 0.342. The SMILES string of the molecule is CCNCc1c(C)oc(C)c1S(=O)(=O)N1CC=C(C)CC1. The molecule has 0 fully saturated rings. The molecule has 0 aliphatic carbocycles. The van der Waals surface area contributed by atoms with Crippen LogP contribution < -0.4 is 5.32 Å². The summed E-state index contributed by atoms with van der Waals surface area (Å²) >= 11 is 0. The number of aryl methyl sites for hydroxylation is 2. The molecule has 0 atom stereocenters. The van der Waals surface area contributed by atoms with Crippen molar-refractivity contribution in [2.45, 2.75) is 45.6 Å². The fraction of sp³-hybridized carbons (Fsp3) is 0.600. The van der Waals surface area contributed by atoms with E-state index in [9.17, 15) is 8.42 Å². The molecule has 2 rings (SSSR count). The third-order valence-electron chi connectivity index (χ3n) is 3.87. The Morgan fingerprint density at radius 2 is 2.00 bits per heavy atom. The Bertz CT molecular complexity index is 644. The standard InChI is InChI=1S/C15H24N2O3S/c1-5-16-10-14-12(3)20-13(4)15(14)21(18,19)17-8-6-11(2)7-9-17/h6,16H,5,7-10H2,1-4H3. The minimum atomic E-state index is -3.50. The molecule has 5 nitrogen and oxygen atoms in total. The average molecular weight is 312 g/mol. The van der Waals surface area contributed by atoms with E-state index in [0.29, 0.717) is 36.1 Å². The summed E-state index contributed by atoms with van der Waals surface area (Å²) in [6, 6.07) is 0. The summed E-state index contributed by atoms with van der Waals surface area (Å²) in [5.74, 6) is 1.16. The van der Waals surface area contributed by atoms with E-state index in [1.807, 2.05) is 26.8 Å². The van der Waals surface area contributed by atoms with Crippen LogP contribution in [0.3, 0.4) is 0 Å². The fourth-order valence-electron chi connectivity index (χ4n) is 2.60. The number of nitrogens with one attached hydrogen (secondary N) is 1. The second kappa shape index (κ2) is 6.34. The summed E-state index contributed by atoms with van der Waals surface area (Å²) in [5.41, 5.74) is 2.00. The zero-order chi connectivity index (χ0) is 15.6. The smallest absolute Gasteiger partial charge is 0.247 e. The van der Waals surface area contributed by atoms with Gasteiger partial charge in [0.1, 0.15) is 16.4 Å². The van der Waals surface area contributed by atoms with Crippen molar-refractivity contribution in [3.05, 3.63) is 28.7 Å². The Hall–Kier alpha value is -1.11. The minimum Gasteiger partial charge on any atom is -0.465 e. The van der Waals surface area contributed by atoms with E-state index in [2.05, 4.69) is 5.32 Å². The summed E-state index contributed by atoms with van der Waals surface area (Å²) < 4.78 is 33.0. The number of hydrogen-bond donors (Lipinski definition) is 1. The third kappa shape index (κ3) is 3.22. The van der Waals surface area contributed by atoms with Crippen molar-refractivity contribution in [1.29, 1.82) is 0 Å². The number of hydrogen-bond acceptors (Lipinski definition) is 4. The van der Waals surface area contributed by atoms with Gasteiger partial charge in [-0.1, -0.05) is 18.6 Å². The molecule has 6 heteroatoms. The van der Waals surface area contributed by atoms with Gasteiger partial charge >= 0.3 is 0 Å². The zero-order valence-electron chi connectivity index (χ0n) is 13.2. The number of nitrogens with zero attached hydrogens (tertiary/aromatic N) is 1. The Morgan fingerprint density at radius 3 is 2.57 bits per heavy atom. The first-order valence-electron chi connectivity index (χ1n) is 7.33. The number of furan rings is 1. The van der Waals surface area contributed by atoms with Crippen LogP contribution in [0.15, 0.2) is 21.0 Å². The molecule has 118 valence electrons. The molecule has 2 heterocycles. The average Bonchev–Trinajstić information content (AvgIpc) is 2.71. The maximum atomic E-state index is 12.9. The van der Waals surface area contributed by atoms with E-state index in [0.717, 1.165) is 18.5 Å². The Labute approximate surface area is 127 Å². The van der Waals surface area contributed by atoms with Gasteiger partial charge in [-0.3, -0.25) is 0 Å². The lowest BCUT2D eigenvalue weighted by molar-refractivity contribution is 0.428. The topological polar surface area (TPSA) is 62.6 Å². The summed E-state index contributed by atoms with van der Waals surface area (Å²) in [7, 11) is -3.50. The maximum absolute atomic E-state index is 12.9. The van der Waals surface area contributed by atoms with E-state index in [1.165, 1.54) is 9.88 Å². The van der Waals surface area contributed by atoms with Crippen molar-refractivity contribution in [3.8, 4) is 0 Å². The van der Waals surface area contributed by atoms with Gasteiger partial charge in [-0.2, -0.15) is 4.31 Å². The van der Waals surface area contributed by atoms with E-state index < -0.39 is 10.0 Å². The molecule has 1 aliphatic heterocycles. The van der Waals surface area contributed by atoms with Crippen LogP contribution in [-0.4, -0.2) is 32.4 Å². The highest BCUT2D eigenvalue weighted by Gasteiger charge is 2.32. The molecule has 1 aliphatic rings. The van der Waals surface area contributed by atoms with E-state index in [1.54, 1.807) is 6.92 Å². The normalized spacial score (nSPS) is 17.0. The Morgan fingerprint density at radius 1 is 1.29 bits per heavy atom. The summed E-state index contributed by atoms with van der Waals surface area (Å²) in [5, 5.41) is 3.19. The lowest BCUT2D eigenvalue weighted by Crippen LogP contribution is -2.35. The van der Waals surface area contributed by atoms with Gasteiger partial charge in [-0.05, 0) is 33.7 Å². The zero-order valence-corrected chi connectivity index (χ0v) is 14.0. The van der Waals surface area contributed by atoms with Crippen molar-refractivity contribution in [2.24, 2.45) is 0 Å². The molecule has 1 aromatic rings. The maximum Gasteiger partial charge on any atom is 0.247 e. The second-order valence-corrected chi connectivity index (χ2v) is 7.34. The van der Waals surface area contributed by atoms with Gasteiger partial charge in [-0.15, -0.1) is 0 Å². The van der Waals surface area contributed by atoms with Crippen LogP contribution in [0, 0.1) is 13.8 Å². The number of sulfonamides is 1. The molecule has 0 bridgehead atoms. The molecular formula is C15H24N2O3S. The van der Waals surface area contributed by atoms with Crippen LogP contribution in [0.5, 0.6) is 0 Å². The first-order chi connectivity index (χ1) is 9.87. The molecule has 0 spiro atoms. The summed E-state index contributed by atoms with van der Waals surface area (Å²) in [6.45, 7) is 9.85. The predicted molar refractivity (Wildman–Crippen MR) is 82.7 cm³/mol. The lowest BCUT2D eigenvalue weighted by atomic mass is 10.1. The molecule has 1 N–H and O–H groups in total. The van der Waals surface area contributed by atoms with Crippen LogP contribution in [-0.2, 0) is 16.6 Å². The molecule has 0 saturated heterocycles. The largest absolute Gasteiger partial charge is 0.465 e. The summed E-state index contributed by atoms with van der Waals surface area (Å²) in [4.78, 5) is 0.342. The van der Waals surface area contributed by atoms with Crippen LogP contribution in [0.4, 0.5) is 0 Å². The van der Waals surface area contributed by atoms with Crippen molar-refractivity contribution < 1.29 is 12.8 Å². The summed E-state index contributed by atoms with van der Waals surface area (Å²) in [6.07, 6.45) is 2.77. The fourth-order valence-corrected chi connectivity index (χ4v) is 4.39. The highest BCUT2D eigenvalue weighted by Crippen LogP contribution is 2.30. The highest BCUT2D eigenvalue weighted by atomic mass is 32.2. The highest BCUT2D eigenvalue weighted by molar-refractivity contribution is 7.89. The van der Waals surface area contributed by atoms with Crippen molar-refractivity contribution in [2.75, 3.05) is 19.6 Å². The Balaban J connectivity index is 2.40. The van der Waals surface area contributed by atoms with E-state index in [4.69, 9.17) is 4.42 Å².